The average molecular weight is 179 g/mol. The summed E-state index contributed by atoms with van der Waals surface area (Å²) in [5.41, 5.74) is 0.165. The number of ketones is 1. The second-order valence-electron chi connectivity index (χ2n) is 3.21. The molecule has 1 atom stereocenters. The smallest absolute Gasteiger partial charge is 0.166 e. The molecule has 0 aliphatic carbocycles. The third kappa shape index (κ3) is 2.65. The van der Waals surface area contributed by atoms with Gasteiger partial charge in [-0.05, 0) is 18.1 Å². The Hall–Kier alpha value is -1.18. The maximum absolute atomic E-state index is 13.0. The number of rotatable bonds is 3. The topological polar surface area (TPSA) is 17.1 Å². The van der Waals surface area contributed by atoms with Crippen LogP contribution < -0.4 is 0 Å². The molecule has 1 unspecified atom stereocenters. The number of carbonyl (C=O) groups excluding carboxylic acids is 1. The molecule has 0 spiro atoms. The number of hydrogen-bond donors (Lipinski definition) is 0. The molecular weight excluding hydrogens is 167 g/mol. The lowest BCUT2D eigenvalue weighted by atomic mass is 10.0. The largest absolute Gasteiger partial charge is 0.294 e. The first-order valence-electron chi connectivity index (χ1n) is 4.22. The summed E-state index contributed by atoms with van der Waals surface area (Å²) in [6.07, 6.45) is 0.293. The molecule has 0 N–H and O–H groups in total. The first kappa shape index (κ1) is 9.90. The number of hydrogen-bond acceptors (Lipinski definition) is 1. The number of Topliss-reactive ketones (excluding diaryl/α,β-unsaturated/α-hetero) is 1. The minimum absolute atomic E-state index is 0.0205. The van der Waals surface area contributed by atoms with Gasteiger partial charge in [-0.2, -0.15) is 0 Å². The van der Waals surface area contributed by atoms with E-state index in [1.54, 1.807) is 12.1 Å². The van der Waals surface area contributed by atoms with E-state index in [1.165, 1.54) is 12.1 Å². The van der Waals surface area contributed by atoms with Crippen LogP contribution in [0.1, 0.15) is 23.7 Å². The third-order valence-corrected chi connectivity index (χ3v) is 1.71. The van der Waals surface area contributed by atoms with Crippen LogP contribution in [0, 0.1) is 18.7 Å². The van der Waals surface area contributed by atoms with E-state index in [0.29, 0.717) is 6.42 Å². The summed E-state index contributed by atoms with van der Waals surface area (Å²) < 4.78 is 13.0. The fourth-order valence-corrected chi connectivity index (χ4v) is 1.11. The van der Waals surface area contributed by atoms with Gasteiger partial charge in [0.2, 0.25) is 0 Å². The minimum atomic E-state index is -0.451. The van der Waals surface area contributed by atoms with Crippen molar-refractivity contribution in [3.8, 4) is 0 Å². The molecule has 2 heteroatoms. The minimum Gasteiger partial charge on any atom is -0.294 e. The van der Waals surface area contributed by atoms with Gasteiger partial charge in [-0.3, -0.25) is 4.79 Å². The Morgan fingerprint density at radius 2 is 2.15 bits per heavy atom. The van der Waals surface area contributed by atoms with Crippen molar-refractivity contribution in [3.63, 3.8) is 0 Å². The van der Waals surface area contributed by atoms with Crippen molar-refractivity contribution < 1.29 is 9.18 Å². The van der Waals surface area contributed by atoms with E-state index in [2.05, 4.69) is 6.92 Å². The Balaban J connectivity index is 2.83. The normalized spacial score (nSPS) is 10.5. The molecule has 1 nitrogen and oxygen atoms in total. The molecule has 0 fully saturated rings. The van der Waals surface area contributed by atoms with Crippen LogP contribution in [-0.4, -0.2) is 5.78 Å². The van der Waals surface area contributed by atoms with Gasteiger partial charge in [-0.15, -0.1) is 0 Å². The Kier molecular flexibility index (Phi) is 3.18. The molecule has 0 aliphatic rings. The SMILES string of the molecule is [CH2]C(C)CC(=O)c1ccccc1F. The van der Waals surface area contributed by atoms with E-state index in [-0.39, 0.29) is 17.3 Å². The number of carbonyl (C=O) groups is 1. The first-order chi connectivity index (χ1) is 6.11. The lowest BCUT2D eigenvalue weighted by Crippen LogP contribution is -2.05. The van der Waals surface area contributed by atoms with Crippen molar-refractivity contribution in [2.75, 3.05) is 0 Å². The molecule has 0 saturated carbocycles. The summed E-state index contributed by atoms with van der Waals surface area (Å²) in [6.45, 7) is 5.52. The van der Waals surface area contributed by atoms with Crippen LogP contribution in [0.2, 0.25) is 0 Å². The van der Waals surface area contributed by atoms with Crippen molar-refractivity contribution in [1.29, 1.82) is 0 Å². The highest BCUT2D eigenvalue weighted by Crippen LogP contribution is 2.12. The standard InChI is InChI=1S/C11H12FO/c1-8(2)7-11(13)9-5-3-4-6-10(9)12/h3-6,8H,1,7H2,2H3. The van der Waals surface area contributed by atoms with Gasteiger partial charge < -0.3 is 0 Å². The maximum Gasteiger partial charge on any atom is 0.166 e. The first-order valence-corrected chi connectivity index (χ1v) is 4.22. The average Bonchev–Trinajstić information content (AvgIpc) is 2.03. The number of benzene rings is 1. The summed E-state index contributed by atoms with van der Waals surface area (Å²) >= 11 is 0. The monoisotopic (exact) mass is 179 g/mol. The van der Waals surface area contributed by atoms with Crippen LogP contribution in [0.3, 0.4) is 0 Å². The van der Waals surface area contributed by atoms with Gasteiger partial charge in [0.15, 0.2) is 5.78 Å². The molecule has 1 aromatic rings. The molecule has 0 bridgehead atoms. The van der Waals surface area contributed by atoms with Gasteiger partial charge in [0, 0.05) is 6.42 Å². The highest BCUT2D eigenvalue weighted by atomic mass is 19.1. The third-order valence-electron chi connectivity index (χ3n) is 1.71. The molecule has 0 amide bonds. The molecule has 1 radical (unpaired) electrons. The van der Waals surface area contributed by atoms with Crippen molar-refractivity contribution in [2.45, 2.75) is 13.3 Å². The van der Waals surface area contributed by atoms with Crippen molar-refractivity contribution in [1.82, 2.24) is 0 Å². The van der Waals surface area contributed by atoms with Crippen molar-refractivity contribution in [3.05, 3.63) is 42.6 Å². The van der Waals surface area contributed by atoms with E-state index in [9.17, 15) is 9.18 Å². The summed E-state index contributed by atoms with van der Waals surface area (Å²) in [6, 6.07) is 6.02. The molecular formula is C11H12FO. The fourth-order valence-electron chi connectivity index (χ4n) is 1.11. The van der Waals surface area contributed by atoms with Gasteiger partial charge in [0.25, 0.3) is 0 Å². The van der Waals surface area contributed by atoms with Crippen LogP contribution in [0.25, 0.3) is 0 Å². The zero-order chi connectivity index (χ0) is 9.84. The van der Waals surface area contributed by atoms with Gasteiger partial charge in [0.05, 0.1) is 5.56 Å². The van der Waals surface area contributed by atoms with Gasteiger partial charge in [0.1, 0.15) is 5.82 Å². The molecule has 1 aromatic carbocycles. The maximum atomic E-state index is 13.0. The molecule has 13 heavy (non-hydrogen) atoms. The predicted octanol–water partition coefficient (Wildman–Crippen LogP) is 2.87. The zero-order valence-electron chi connectivity index (χ0n) is 7.59. The Labute approximate surface area is 77.6 Å². The van der Waals surface area contributed by atoms with Crippen molar-refractivity contribution >= 4 is 5.78 Å². The molecule has 69 valence electrons. The highest BCUT2D eigenvalue weighted by Gasteiger charge is 2.11. The molecule has 0 heterocycles. The summed E-state index contributed by atoms with van der Waals surface area (Å²) in [5, 5.41) is 0. The van der Waals surface area contributed by atoms with E-state index in [1.807, 2.05) is 6.92 Å². The number of halogens is 1. The Morgan fingerprint density at radius 3 is 2.69 bits per heavy atom. The van der Waals surface area contributed by atoms with E-state index >= 15 is 0 Å². The van der Waals surface area contributed by atoms with Gasteiger partial charge in [-0.25, -0.2) is 4.39 Å². The molecule has 0 aliphatic heterocycles. The van der Waals surface area contributed by atoms with E-state index < -0.39 is 5.82 Å². The molecule has 0 saturated heterocycles. The Morgan fingerprint density at radius 1 is 1.54 bits per heavy atom. The van der Waals surface area contributed by atoms with Crippen LogP contribution in [0.4, 0.5) is 4.39 Å². The van der Waals surface area contributed by atoms with Crippen LogP contribution >= 0.6 is 0 Å². The van der Waals surface area contributed by atoms with Gasteiger partial charge in [-0.1, -0.05) is 26.0 Å². The van der Waals surface area contributed by atoms with Crippen LogP contribution in [0.15, 0.2) is 24.3 Å². The van der Waals surface area contributed by atoms with Gasteiger partial charge >= 0.3 is 0 Å². The van der Waals surface area contributed by atoms with Crippen LogP contribution in [-0.2, 0) is 0 Å². The zero-order valence-corrected chi connectivity index (χ0v) is 7.59. The lowest BCUT2D eigenvalue weighted by molar-refractivity contribution is 0.0967. The highest BCUT2D eigenvalue weighted by molar-refractivity contribution is 5.96. The molecule has 1 rings (SSSR count). The second kappa shape index (κ2) is 4.17. The summed E-state index contributed by atoms with van der Waals surface area (Å²) in [4.78, 5) is 11.4. The quantitative estimate of drug-likeness (QED) is 0.652. The predicted molar refractivity (Wildman–Crippen MR) is 49.9 cm³/mol. The fraction of sp³-hybridized carbons (Fsp3) is 0.273. The van der Waals surface area contributed by atoms with Crippen LogP contribution in [0.5, 0.6) is 0 Å². The molecule has 0 aromatic heterocycles. The second-order valence-corrected chi connectivity index (χ2v) is 3.21. The Bertz CT molecular complexity index is 305. The summed E-state index contributed by atoms with van der Waals surface area (Å²) in [7, 11) is 0. The summed E-state index contributed by atoms with van der Waals surface area (Å²) in [5.74, 6) is -0.610. The lowest BCUT2D eigenvalue weighted by Gasteiger charge is -2.04. The van der Waals surface area contributed by atoms with Crippen molar-refractivity contribution in [2.24, 2.45) is 5.92 Å². The van der Waals surface area contributed by atoms with E-state index in [0.717, 1.165) is 0 Å². The van der Waals surface area contributed by atoms with E-state index in [4.69, 9.17) is 0 Å².